The first kappa shape index (κ1) is 19.6. The minimum atomic E-state index is -0.495. The number of nitrogens with zero attached hydrogens (tertiary/aromatic N) is 3. The number of ether oxygens (including phenoxy) is 1. The molecule has 0 aliphatic carbocycles. The number of aryl methyl sites for hydroxylation is 1. The largest absolute Gasteiger partial charge is 0.378 e. The van der Waals surface area contributed by atoms with Gasteiger partial charge in [-0.3, -0.25) is 14.4 Å². The molecule has 2 aliphatic heterocycles. The topological polar surface area (TPSA) is 70.2 Å². The number of halogens is 1. The SMILES string of the molecule is Cc1ccc(Cl)cc1C(=O)N1CCCN(C(=O)C(=O)N2CCOCC2)CC1. The van der Waals surface area contributed by atoms with Gasteiger partial charge < -0.3 is 19.4 Å². The molecule has 2 fully saturated rings. The van der Waals surface area contributed by atoms with E-state index in [1.165, 1.54) is 4.90 Å². The first-order valence-corrected chi connectivity index (χ1v) is 9.56. The van der Waals surface area contributed by atoms with E-state index in [0.717, 1.165) is 5.56 Å². The molecule has 0 aromatic heterocycles. The Hall–Kier alpha value is -2.12. The van der Waals surface area contributed by atoms with E-state index in [9.17, 15) is 14.4 Å². The normalized spacial score (nSPS) is 18.2. The van der Waals surface area contributed by atoms with Crippen molar-refractivity contribution in [1.82, 2.24) is 14.7 Å². The molecule has 146 valence electrons. The van der Waals surface area contributed by atoms with Gasteiger partial charge in [0.25, 0.3) is 5.91 Å². The van der Waals surface area contributed by atoms with Gasteiger partial charge in [0.2, 0.25) is 0 Å². The predicted octanol–water partition coefficient (Wildman–Crippen LogP) is 1.18. The molecule has 27 heavy (non-hydrogen) atoms. The van der Waals surface area contributed by atoms with Crippen LogP contribution in [0.25, 0.3) is 0 Å². The van der Waals surface area contributed by atoms with Crippen molar-refractivity contribution in [3.05, 3.63) is 34.3 Å². The summed E-state index contributed by atoms with van der Waals surface area (Å²) in [4.78, 5) is 42.7. The van der Waals surface area contributed by atoms with Gasteiger partial charge in [0.05, 0.1) is 13.2 Å². The van der Waals surface area contributed by atoms with Gasteiger partial charge in [0.1, 0.15) is 0 Å². The van der Waals surface area contributed by atoms with Crippen LogP contribution in [0.3, 0.4) is 0 Å². The molecule has 0 saturated carbocycles. The summed E-state index contributed by atoms with van der Waals surface area (Å²) in [5, 5.41) is 0.520. The van der Waals surface area contributed by atoms with Crippen LogP contribution in [0.1, 0.15) is 22.3 Å². The number of amides is 3. The fourth-order valence-corrected chi connectivity index (χ4v) is 3.53. The predicted molar refractivity (Wildman–Crippen MR) is 101 cm³/mol. The highest BCUT2D eigenvalue weighted by molar-refractivity contribution is 6.35. The number of carbonyl (C=O) groups excluding carboxylic acids is 3. The van der Waals surface area contributed by atoms with Crippen molar-refractivity contribution in [1.29, 1.82) is 0 Å². The molecular formula is C19H24ClN3O4. The van der Waals surface area contributed by atoms with Crippen molar-refractivity contribution >= 4 is 29.3 Å². The zero-order valence-electron chi connectivity index (χ0n) is 15.4. The molecule has 1 aromatic carbocycles. The molecule has 2 aliphatic rings. The zero-order chi connectivity index (χ0) is 19.4. The summed E-state index contributed by atoms with van der Waals surface area (Å²) >= 11 is 6.03. The molecule has 2 saturated heterocycles. The third-order valence-electron chi connectivity index (χ3n) is 4.98. The van der Waals surface area contributed by atoms with E-state index in [1.807, 2.05) is 13.0 Å². The Morgan fingerprint density at radius 2 is 1.48 bits per heavy atom. The Labute approximate surface area is 163 Å². The lowest BCUT2D eigenvalue weighted by Crippen LogP contribution is -2.50. The van der Waals surface area contributed by atoms with Crippen molar-refractivity contribution in [3.8, 4) is 0 Å². The summed E-state index contributed by atoms with van der Waals surface area (Å²) in [6, 6.07) is 5.26. The number of rotatable bonds is 1. The second-order valence-corrected chi connectivity index (χ2v) is 7.24. The molecule has 0 spiro atoms. The zero-order valence-corrected chi connectivity index (χ0v) is 16.2. The maximum Gasteiger partial charge on any atom is 0.312 e. The van der Waals surface area contributed by atoms with E-state index in [2.05, 4.69) is 0 Å². The maximum atomic E-state index is 12.9. The van der Waals surface area contributed by atoms with Crippen LogP contribution in [0.15, 0.2) is 18.2 Å². The standard InChI is InChI=1S/C19H24ClN3O4/c1-14-3-4-15(20)13-16(14)17(24)21-5-2-6-22(8-7-21)18(25)19(26)23-9-11-27-12-10-23/h3-4,13H,2,5-12H2,1H3. The molecule has 7 nitrogen and oxygen atoms in total. The van der Waals surface area contributed by atoms with Gasteiger partial charge in [-0.15, -0.1) is 0 Å². The third-order valence-corrected chi connectivity index (χ3v) is 5.22. The number of hydrogen-bond donors (Lipinski definition) is 0. The first-order valence-electron chi connectivity index (χ1n) is 9.18. The van der Waals surface area contributed by atoms with E-state index >= 15 is 0 Å². The number of benzene rings is 1. The van der Waals surface area contributed by atoms with Crippen molar-refractivity contribution < 1.29 is 19.1 Å². The summed E-state index contributed by atoms with van der Waals surface area (Å²) in [5.41, 5.74) is 1.44. The lowest BCUT2D eigenvalue weighted by Gasteiger charge is -2.29. The average molecular weight is 394 g/mol. The fourth-order valence-electron chi connectivity index (χ4n) is 3.36. The van der Waals surface area contributed by atoms with Crippen LogP contribution >= 0.6 is 11.6 Å². The van der Waals surface area contributed by atoms with Crippen molar-refractivity contribution in [2.45, 2.75) is 13.3 Å². The van der Waals surface area contributed by atoms with Crippen LogP contribution in [-0.2, 0) is 14.3 Å². The molecular weight excluding hydrogens is 370 g/mol. The summed E-state index contributed by atoms with van der Waals surface area (Å²) in [6.07, 6.45) is 0.632. The van der Waals surface area contributed by atoms with Gasteiger partial charge in [-0.05, 0) is 31.0 Å². The van der Waals surface area contributed by atoms with E-state index in [4.69, 9.17) is 16.3 Å². The Balaban J connectivity index is 1.63. The van der Waals surface area contributed by atoms with Crippen LogP contribution < -0.4 is 0 Å². The molecule has 1 aromatic rings. The Morgan fingerprint density at radius 1 is 0.889 bits per heavy atom. The van der Waals surface area contributed by atoms with Crippen LogP contribution in [0.4, 0.5) is 0 Å². The second-order valence-electron chi connectivity index (χ2n) is 6.80. The van der Waals surface area contributed by atoms with Gasteiger partial charge in [-0.2, -0.15) is 0 Å². The van der Waals surface area contributed by atoms with Crippen molar-refractivity contribution in [2.75, 3.05) is 52.5 Å². The molecule has 0 N–H and O–H groups in total. The number of carbonyl (C=O) groups is 3. The molecule has 0 bridgehead atoms. The highest BCUT2D eigenvalue weighted by Gasteiger charge is 2.30. The smallest absolute Gasteiger partial charge is 0.312 e. The van der Waals surface area contributed by atoms with Gasteiger partial charge in [-0.1, -0.05) is 17.7 Å². The summed E-state index contributed by atoms with van der Waals surface area (Å²) in [6.45, 7) is 5.42. The minimum absolute atomic E-state index is 0.0937. The molecule has 0 unspecified atom stereocenters. The summed E-state index contributed by atoms with van der Waals surface area (Å²) < 4.78 is 5.22. The summed E-state index contributed by atoms with van der Waals surface area (Å²) in [7, 11) is 0. The Morgan fingerprint density at radius 3 is 2.19 bits per heavy atom. The summed E-state index contributed by atoms with van der Waals surface area (Å²) in [5.74, 6) is -1.07. The third kappa shape index (κ3) is 4.59. The van der Waals surface area contributed by atoms with E-state index in [0.29, 0.717) is 69.5 Å². The molecule has 0 radical (unpaired) electrons. The fraction of sp³-hybridized carbons (Fsp3) is 0.526. The molecule has 2 heterocycles. The lowest BCUT2D eigenvalue weighted by atomic mass is 10.1. The molecule has 3 rings (SSSR count). The van der Waals surface area contributed by atoms with E-state index < -0.39 is 11.8 Å². The molecule has 0 atom stereocenters. The number of hydrogen-bond acceptors (Lipinski definition) is 4. The van der Waals surface area contributed by atoms with Gasteiger partial charge in [0.15, 0.2) is 0 Å². The average Bonchev–Trinajstić information content (AvgIpc) is 2.95. The second kappa shape index (κ2) is 8.71. The first-order chi connectivity index (χ1) is 13.0. The van der Waals surface area contributed by atoms with Gasteiger partial charge in [-0.25, -0.2) is 0 Å². The molecule has 3 amide bonds. The Kier molecular flexibility index (Phi) is 6.34. The van der Waals surface area contributed by atoms with Crippen LogP contribution in [0.5, 0.6) is 0 Å². The van der Waals surface area contributed by atoms with E-state index in [-0.39, 0.29) is 5.91 Å². The van der Waals surface area contributed by atoms with Gasteiger partial charge >= 0.3 is 11.8 Å². The molecule has 8 heteroatoms. The monoisotopic (exact) mass is 393 g/mol. The minimum Gasteiger partial charge on any atom is -0.378 e. The number of morpholine rings is 1. The quantitative estimate of drug-likeness (QED) is 0.672. The van der Waals surface area contributed by atoms with Gasteiger partial charge in [0, 0.05) is 49.9 Å². The highest BCUT2D eigenvalue weighted by atomic mass is 35.5. The van der Waals surface area contributed by atoms with Crippen LogP contribution in [-0.4, -0.2) is 84.9 Å². The van der Waals surface area contributed by atoms with Crippen molar-refractivity contribution in [3.63, 3.8) is 0 Å². The van der Waals surface area contributed by atoms with Crippen LogP contribution in [0, 0.1) is 6.92 Å². The van der Waals surface area contributed by atoms with E-state index in [1.54, 1.807) is 21.9 Å². The van der Waals surface area contributed by atoms with Crippen molar-refractivity contribution in [2.24, 2.45) is 0 Å². The Bertz CT molecular complexity index is 734. The lowest BCUT2D eigenvalue weighted by molar-refractivity contribution is -0.154. The highest BCUT2D eigenvalue weighted by Crippen LogP contribution is 2.18. The van der Waals surface area contributed by atoms with Crippen LogP contribution in [0.2, 0.25) is 5.02 Å². The maximum absolute atomic E-state index is 12.9.